The van der Waals surface area contributed by atoms with E-state index in [-0.39, 0.29) is 12.1 Å². The van der Waals surface area contributed by atoms with E-state index in [2.05, 4.69) is 31.0 Å². The minimum Gasteiger partial charge on any atom is -0.391 e. The molecule has 1 atom stereocenters. The SMILES string of the molecule is CCN(CCNC(=O)N1CCCC(O)C1)C(C)C. The van der Waals surface area contributed by atoms with E-state index in [0.29, 0.717) is 19.1 Å². The van der Waals surface area contributed by atoms with Crippen molar-refractivity contribution < 1.29 is 9.90 Å². The monoisotopic (exact) mass is 257 g/mol. The van der Waals surface area contributed by atoms with Gasteiger partial charge in [0.1, 0.15) is 0 Å². The van der Waals surface area contributed by atoms with Gasteiger partial charge < -0.3 is 15.3 Å². The molecular weight excluding hydrogens is 230 g/mol. The Bertz CT molecular complexity index is 259. The van der Waals surface area contributed by atoms with Crippen LogP contribution in [-0.2, 0) is 0 Å². The number of amides is 2. The molecule has 1 aliphatic rings. The maximum absolute atomic E-state index is 11.9. The van der Waals surface area contributed by atoms with Crippen LogP contribution in [0.25, 0.3) is 0 Å². The molecule has 0 aliphatic carbocycles. The van der Waals surface area contributed by atoms with Crippen LogP contribution in [0.1, 0.15) is 33.6 Å². The molecule has 0 spiro atoms. The molecule has 106 valence electrons. The molecule has 18 heavy (non-hydrogen) atoms. The third-order valence-corrected chi connectivity index (χ3v) is 3.50. The number of piperidine rings is 1. The van der Waals surface area contributed by atoms with Crippen LogP contribution in [0, 0.1) is 0 Å². The van der Waals surface area contributed by atoms with Gasteiger partial charge in [-0.25, -0.2) is 4.79 Å². The van der Waals surface area contributed by atoms with E-state index in [1.807, 2.05) is 0 Å². The summed E-state index contributed by atoms with van der Waals surface area (Å²) in [5.41, 5.74) is 0. The predicted octanol–water partition coefficient (Wildman–Crippen LogP) is 0.883. The minimum absolute atomic E-state index is 0.0476. The standard InChI is InChI=1S/C13H27N3O2/c1-4-15(11(2)3)9-7-14-13(18)16-8-5-6-12(17)10-16/h11-12,17H,4-10H2,1-3H3,(H,14,18). The summed E-state index contributed by atoms with van der Waals surface area (Å²) in [4.78, 5) is 15.9. The molecule has 0 aromatic rings. The first-order valence-electron chi connectivity index (χ1n) is 6.99. The van der Waals surface area contributed by atoms with Gasteiger partial charge in [0.15, 0.2) is 0 Å². The van der Waals surface area contributed by atoms with Crippen LogP contribution in [0.2, 0.25) is 0 Å². The fraction of sp³-hybridized carbons (Fsp3) is 0.923. The lowest BCUT2D eigenvalue weighted by Gasteiger charge is -2.31. The molecule has 2 amide bonds. The van der Waals surface area contributed by atoms with Crippen LogP contribution < -0.4 is 5.32 Å². The van der Waals surface area contributed by atoms with Gasteiger partial charge in [-0.3, -0.25) is 4.90 Å². The van der Waals surface area contributed by atoms with Gasteiger partial charge in [0, 0.05) is 32.2 Å². The molecular formula is C13H27N3O2. The summed E-state index contributed by atoms with van der Waals surface area (Å²) >= 11 is 0. The van der Waals surface area contributed by atoms with Crippen LogP contribution in [0.4, 0.5) is 4.79 Å². The maximum Gasteiger partial charge on any atom is 0.317 e. The molecule has 0 aromatic carbocycles. The summed E-state index contributed by atoms with van der Waals surface area (Å²) in [6.07, 6.45) is 1.34. The smallest absolute Gasteiger partial charge is 0.317 e. The first-order chi connectivity index (χ1) is 8.54. The molecule has 1 unspecified atom stereocenters. The number of nitrogens with one attached hydrogen (secondary N) is 1. The van der Waals surface area contributed by atoms with Crippen molar-refractivity contribution in [2.75, 3.05) is 32.7 Å². The number of hydrogen-bond acceptors (Lipinski definition) is 3. The van der Waals surface area contributed by atoms with Gasteiger partial charge in [0.05, 0.1) is 6.10 Å². The zero-order chi connectivity index (χ0) is 13.5. The highest BCUT2D eigenvalue weighted by Crippen LogP contribution is 2.09. The molecule has 1 aliphatic heterocycles. The van der Waals surface area contributed by atoms with Gasteiger partial charge in [-0.15, -0.1) is 0 Å². The van der Waals surface area contributed by atoms with Gasteiger partial charge in [0.25, 0.3) is 0 Å². The van der Waals surface area contributed by atoms with Gasteiger partial charge in [0.2, 0.25) is 0 Å². The molecule has 1 saturated heterocycles. The van der Waals surface area contributed by atoms with Gasteiger partial charge in [-0.05, 0) is 33.2 Å². The van der Waals surface area contributed by atoms with Crippen molar-refractivity contribution in [3.8, 4) is 0 Å². The van der Waals surface area contributed by atoms with E-state index in [4.69, 9.17) is 0 Å². The van der Waals surface area contributed by atoms with Gasteiger partial charge >= 0.3 is 6.03 Å². The second-order valence-corrected chi connectivity index (χ2v) is 5.20. The number of likely N-dealkylation sites (tertiary alicyclic amines) is 1. The molecule has 2 N–H and O–H groups in total. The minimum atomic E-state index is -0.354. The van der Waals surface area contributed by atoms with Crippen LogP contribution in [0.15, 0.2) is 0 Å². The lowest BCUT2D eigenvalue weighted by molar-refractivity contribution is 0.0839. The number of urea groups is 1. The zero-order valence-electron chi connectivity index (χ0n) is 11.9. The summed E-state index contributed by atoms with van der Waals surface area (Å²) < 4.78 is 0. The van der Waals surface area contributed by atoms with Gasteiger partial charge in [-0.1, -0.05) is 6.92 Å². The van der Waals surface area contributed by atoms with E-state index >= 15 is 0 Å². The number of likely N-dealkylation sites (N-methyl/N-ethyl adjacent to an activating group) is 1. The van der Waals surface area contributed by atoms with E-state index in [0.717, 1.165) is 32.5 Å². The maximum atomic E-state index is 11.9. The zero-order valence-corrected chi connectivity index (χ0v) is 11.9. The summed E-state index contributed by atoms with van der Waals surface area (Å²) in [7, 11) is 0. The van der Waals surface area contributed by atoms with Crippen molar-refractivity contribution in [2.45, 2.75) is 45.8 Å². The van der Waals surface area contributed by atoms with Crippen LogP contribution in [0.5, 0.6) is 0 Å². The van der Waals surface area contributed by atoms with Crippen molar-refractivity contribution in [3.05, 3.63) is 0 Å². The summed E-state index contributed by atoms with van der Waals surface area (Å²) in [5.74, 6) is 0. The number of aliphatic hydroxyl groups excluding tert-OH is 1. The number of aliphatic hydroxyl groups is 1. The fourth-order valence-corrected chi connectivity index (χ4v) is 2.34. The molecule has 0 saturated carbocycles. The van der Waals surface area contributed by atoms with E-state index in [9.17, 15) is 9.90 Å². The lowest BCUT2D eigenvalue weighted by Crippen LogP contribution is -2.48. The summed E-state index contributed by atoms with van der Waals surface area (Å²) in [5, 5.41) is 12.4. The number of carbonyl (C=O) groups is 1. The second kappa shape index (κ2) is 7.59. The molecule has 0 bridgehead atoms. The molecule has 0 aromatic heterocycles. The largest absolute Gasteiger partial charge is 0.391 e. The average molecular weight is 257 g/mol. The van der Waals surface area contributed by atoms with Crippen LogP contribution in [0.3, 0.4) is 0 Å². The molecule has 5 heteroatoms. The molecule has 1 rings (SSSR count). The molecule has 1 heterocycles. The Morgan fingerprint density at radius 3 is 2.83 bits per heavy atom. The van der Waals surface area contributed by atoms with Crippen LogP contribution >= 0.6 is 0 Å². The van der Waals surface area contributed by atoms with Crippen molar-refractivity contribution in [1.82, 2.24) is 15.1 Å². The number of carbonyl (C=O) groups excluding carboxylic acids is 1. The molecule has 5 nitrogen and oxygen atoms in total. The quantitative estimate of drug-likeness (QED) is 0.769. The average Bonchev–Trinajstić information content (AvgIpc) is 2.34. The first kappa shape index (κ1) is 15.2. The highest BCUT2D eigenvalue weighted by atomic mass is 16.3. The Kier molecular flexibility index (Phi) is 6.43. The van der Waals surface area contributed by atoms with E-state index in [1.54, 1.807) is 4.90 Å². The highest BCUT2D eigenvalue weighted by Gasteiger charge is 2.21. The Labute approximate surface area is 110 Å². The van der Waals surface area contributed by atoms with Crippen LogP contribution in [-0.4, -0.2) is 65.8 Å². The molecule has 1 fully saturated rings. The second-order valence-electron chi connectivity index (χ2n) is 5.20. The van der Waals surface area contributed by atoms with E-state index in [1.165, 1.54) is 0 Å². The summed E-state index contributed by atoms with van der Waals surface area (Å²) in [6.45, 7) is 10.2. The lowest BCUT2D eigenvalue weighted by atomic mass is 10.1. The summed E-state index contributed by atoms with van der Waals surface area (Å²) in [6, 6.07) is 0.456. The first-order valence-corrected chi connectivity index (χ1v) is 6.99. The third-order valence-electron chi connectivity index (χ3n) is 3.50. The Morgan fingerprint density at radius 1 is 1.56 bits per heavy atom. The fourth-order valence-electron chi connectivity index (χ4n) is 2.34. The number of hydrogen-bond donors (Lipinski definition) is 2. The topological polar surface area (TPSA) is 55.8 Å². The normalized spacial score (nSPS) is 20.6. The van der Waals surface area contributed by atoms with Gasteiger partial charge in [-0.2, -0.15) is 0 Å². The number of β-amino-alcohol motifs (C(OH)–C–C–N with tert-alkyl or cyclic N) is 1. The Balaban J connectivity index is 2.24. The number of nitrogens with zero attached hydrogens (tertiary/aromatic N) is 2. The Hall–Kier alpha value is -0.810. The highest BCUT2D eigenvalue weighted by molar-refractivity contribution is 5.74. The number of rotatable bonds is 5. The molecule has 0 radical (unpaired) electrons. The van der Waals surface area contributed by atoms with Crippen molar-refractivity contribution in [3.63, 3.8) is 0 Å². The predicted molar refractivity (Wildman–Crippen MR) is 72.6 cm³/mol. The van der Waals surface area contributed by atoms with Crippen molar-refractivity contribution in [2.24, 2.45) is 0 Å². The Morgan fingerprint density at radius 2 is 2.28 bits per heavy atom. The third kappa shape index (κ3) is 4.82. The van der Waals surface area contributed by atoms with Crippen molar-refractivity contribution in [1.29, 1.82) is 0 Å². The van der Waals surface area contributed by atoms with E-state index < -0.39 is 0 Å². The van der Waals surface area contributed by atoms with Crippen molar-refractivity contribution >= 4 is 6.03 Å².